The number of carbonyl (C=O) groups excluding carboxylic acids is 1. The molecule has 0 spiro atoms. The minimum absolute atomic E-state index is 0.0320. The summed E-state index contributed by atoms with van der Waals surface area (Å²) >= 11 is 1.73. The molecule has 3 rings (SSSR count). The average molecular weight is 289 g/mol. The molecule has 4 nitrogen and oxygen atoms in total. The van der Waals surface area contributed by atoms with Gasteiger partial charge < -0.3 is 10.6 Å². The van der Waals surface area contributed by atoms with Crippen LogP contribution in [0.5, 0.6) is 0 Å². The molecule has 5 heteroatoms. The minimum Gasteiger partial charge on any atom is -0.369 e. The van der Waals surface area contributed by atoms with Gasteiger partial charge in [0, 0.05) is 19.0 Å². The second kappa shape index (κ2) is 5.05. The number of carbonyl (C=O) groups is 1. The van der Waals surface area contributed by atoms with Gasteiger partial charge in [0.2, 0.25) is 5.91 Å². The molecule has 1 aromatic heterocycles. The molecule has 1 aliphatic rings. The third-order valence-electron chi connectivity index (χ3n) is 4.24. The lowest BCUT2D eigenvalue weighted by molar-refractivity contribution is -0.122. The molecule has 0 radical (unpaired) electrons. The molecule has 2 heterocycles. The van der Waals surface area contributed by atoms with Gasteiger partial charge in [-0.1, -0.05) is 17.4 Å². The fourth-order valence-electron chi connectivity index (χ4n) is 2.70. The molecular formula is C15H19N3OS. The highest BCUT2D eigenvalue weighted by atomic mass is 32.1. The molecule has 1 aromatic carbocycles. The van der Waals surface area contributed by atoms with Crippen molar-refractivity contribution in [3.63, 3.8) is 0 Å². The lowest BCUT2D eigenvalue weighted by Gasteiger charge is -2.30. The SMILES string of the molecule is Cc1ccc2sc(N3CCC(C(N)=O)CC3)nc2c1C. The third-order valence-corrected chi connectivity index (χ3v) is 5.32. The lowest BCUT2D eigenvalue weighted by atomic mass is 9.97. The maximum absolute atomic E-state index is 11.2. The Labute approximate surface area is 122 Å². The van der Waals surface area contributed by atoms with Crippen LogP contribution in [0.3, 0.4) is 0 Å². The number of benzene rings is 1. The van der Waals surface area contributed by atoms with Gasteiger partial charge in [0.05, 0.1) is 10.2 Å². The van der Waals surface area contributed by atoms with Crippen LogP contribution in [-0.2, 0) is 4.79 Å². The van der Waals surface area contributed by atoms with Crippen LogP contribution in [-0.4, -0.2) is 24.0 Å². The number of amides is 1. The zero-order valence-corrected chi connectivity index (χ0v) is 12.7. The summed E-state index contributed by atoms with van der Waals surface area (Å²) in [5, 5.41) is 1.07. The van der Waals surface area contributed by atoms with Crippen molar-refractivity contribution in [2.75, 3.05) is 18.0 Å². The number of thiazole rings is 1. The second-order valence-corrected chi connectivity index (χ2v) is 6.52. The van der Waals surface area contributed by atoms with Crippen LogP contribution in [0, 0.1) is 19.8 Å². The number of aromatic nitrogens is 1. The zero-order chi connectivity index (χ0) is 14.3. The predicted octanol–water partition coefficient (Wildman–Crippen LogP) is 2.61. The molecule has 106 valence electrons. The molecule has 20 heavy (non-hydrogen) atoms. The smallest absolute Gasteiger partial charge is 0.220 e. The minimum atomic E-state index is -0.166. The Morgan fingerprint density at radius 2 is 2.05 bits per heavy atom. The second-order valence-electron chi connectivity index (χ2n) is 5.51. The van der Waals surface area contributed by atoms with Crippen molar-refractivity contribution < 1.29 is 4.79 Å². The van der Waals surface area contributed by atoms with Crippen molar-refractivity contribution in [1.29, 1.82) is 0 Å². The number of rotatable bonds is 2. The first-order valence-corrected chi connectivity index (χ1v) is 7.79. The van der Waals surface area contributed by atoms with Crippen molar-refractivity contribution in [2.24, 2.45) is 11.7 Å². The van der Waals surface area contributed by atoms with E-state index in [4.69, 9.17) is 10.7 Å². The van der Waals surface area contributed by atoms with E-state index < -0.39 is 0 Å². The summed E-state index contributed by atoms with van der Waals surface area (Å²) in [6, 6.07) is 4.30. The number of primary amides is 1. The molecule has 2 N–H and O–H groups in total. The van der Waals surface area contributed by atoms with Crippen LogP contribution in [0.25, 0.3) is 10.2 Å². The summed E-state index contributed by atoms with van der Waals surface area (Å²) in [5.41, 5.74) is 9.03. The number of nitrogens with two attached hydrogens (primary N) is 1. The standard InChI is InChI=1S/C15H19N3OS/c1-9-3-4-12-13(10(9)2)17-15(20-12)18-7-5-11(6-8-18)14(16)19/h3-4,11H,5-8H2,1-2H3,(H2,16,19). The fourth-order valence-corrected chi connectivity index (χ4v) is 3.78. The number of hydrogen-bond acceptors (Lipinski definition) is 4. The number of aryl methyl sites for hydroxylation is 2. The monoisotopic (exact) mass is 289 g/mol. The average Bonchev–Trinajstić information content (AvgIpc) is 2.88. The summed E-state index contributed by atoms with van der Waals surface area (Å²) < 4.78 is 1.24. The van der Waals surface area contributed by atoms with Crippen molar-refractivity contribution in [3.05, 3.63) is 23.3 Å². The van der Waals surface area contributed by atoms with Crippen LogP contribution in [0.2, 0.25) is 0 Å². The normalized spacial score (nSPS) is 16.8. The Hall–Kier alpha value is -1.62. The van der Waals surface area contributed by atoms with E-state index in [1.807, 2.05) is 0 Å². The number of fused-ring (bicyclic) bond motifs is 1. The molecule has 1 aliphatic heterocycles. The van der Waals surface area contributed by atoms with E-state index in [2.05, 4.69) is 30.9 Å². The maximum Gasteiger partial charge on any atom is 0.220 e. The van der Waals surface area contributed by atoms with Crippen LogP contribution in [0.1, 0.15) is 24.0 Å². The molecule has 1 saturated heterocycles. The summed E-state index contributed by atoms with van der Waals surface area (Å²) in [5.74, 6) is -0.134. The van der Waals surface area contributed by atoms with Crippen molar-refractivity contribution in [3.8, 4) is 0 Å². The van der Waals surface area contributed by atoms with E-state index in [-0.39, 0.29) is 11.8 Å². The van der Waals surface area contributed by atoms with Gasteiger partial charge in [-0.05, 0) is 43.9 Å². The van der Waals surface area contributed by atoms with Gasteiger partial charge in [0.1, 0.15) is 0 Å². The molecule has 0 unspecified atom stereocenters. The van der Waals surface area contributed by atoms with Gasteiger partial charge in [-0.3, -0.25) is 4.79 Å². The number of piperidine rings is 1. The summed E-state index contributed by atoms with van der Waals surface area (Å²) in [7, 11) is 0. The topological polar surface area (TPSA) is 59.2 Å². The molecule has 0 aliphatic carbocycles. The number of nitrogens with zero attached hydrogens (tertiary/aromatic N) is 2. The van der Waals surface area contributed by atoms with Crippen LogP contribution < -0.4 is 10.6 Å². The van der Waals surface area contributed by atoms with E-state index in [1.54, 1.807) is 11.3 Å². The Bertz CT molecular complexity index is 656. The first kappa shape index (κ1) is 13.4. The van der Waals surface area contributed by atoms with Crippen LogP contribution in [0.4, 0.5) is 5.13 Å². The van der Waals surface area contributed by atoms with E-state index in [0.717, 1.165) is 36.6 Å². The van der Waals surface area contributed by atoms with E-state index in [9.17, 15) is 4.79 Å². The van der Waals surface area contributed by atoms with Crippen molar-refractivity contribution >= 4 is 32.6 Å². The van der Waals surface area contributed by atoms with Gasteiger partial charge in [0.25, 0.3) is 0 Å². The Morgan fingerprint density at radius 3 is 2.70 bits per heavy atom. The molecule has 0 bridgehead atoms. The van der Waals surface area contributed by atoms with E-state index in [0.29, 0.717) is 0 Å². The zero-order valence-electron chi connectivity index (χ0n) is 11.8. The maximum atomic E-state index is 11.2. The summed E-state index contributed by atoms with van der Waals surface area (Å²) in [6.45, 7) is 5.98. The lowest BCUT2D eigenvalue weighted by Crippen LogP contribution is -2.38. The molecule has 1 fully saturated rings. The highest BCUT2D eigenvalue weighted by Gasteiger charge is 2.25. The highest BCUT2D eigenvalue weighted by molar-refractivity contribution is 7.22. The van der Waals surface area contributed by atoms with Crippen LogP contribution >= 0.6 is 11.3 Å². The van der Waals surface area contributed by atoms with Gasteiger partial charge in [0.15, 0.2) is 5.13 Å². The Kier molecular flexibility index (Phi) is 3.38. The van der Waals surface area contributed by atoms with Gasteiger partial charge in [-0.15, -0.1) is 0 Å². The molecular weight excluding hydrogens is 270 g/mol. The van der Waals surface area contributed by atoms with E-state index >= 15 is 0 Å². The fraction of sp³-hybridized carbons (Fsp3) is 0.467. The van der Waals surface area contributed by atoms with Gasteiger partial charge in [-0.2, -0.15) is 0 Å². The summed E-state index contributed by atoms with van der Waals surface area (Å²) in [4.78, 5) is 18.3. The Balaban J connectivity index is 1.85. The highest BCUT2D eigenvalue weighted by Crippen LogP contribution is 2.33. The van der Waals surface area contributed by atoms with Crippen molar-refractivity contribution in [1.82, 2.24) is 4.98 Å². The molecule has 2 aromatic rings. The predicted molar refractivity (Wildman–Crippen MR) is 83.2 cm³/mol. The number of hydrogen-bond donors (Lipinski definition) is 1. The molecule has 0 saturated carbocycles. The summed E-state index contributed by atoms with van der Waals surface area (Å²) in [6.07, 6.45) is 1.67. The molecule has 0 atom stereocenters. The quantitative estimate of drug-likeness (QED) is 0.924. The van der Waals surface area contributed by atoms with Crippen LogP contribution in [0.15, 0.2) is 12.1 Å². The van der Waals surface area contributed by atoms with Gasteiger partial charge >= 0.3 is 0 Å². The van der Waals surface area contributed by atoms with Crippen molar-refractivity contribution in [2.45, 2.75) is 26.7 Å². The third kappa shape index (κ3) is 2.26. The largest absolute Gasteiger partial charge is 0.369 e. The Morgan fingerprint density at radius 1 is 1.35 bits per heavy atom. The van der Waals surface area contributed by atoms with E-state index in [1.165, 1.54) is 15.8 Å². The van der Waals surface area contributed by atoms with Gasteiger partial charge in [-0.25, -0.2) is 4.98 Å². The first-order valence-electron chi connectivity index (χ1n) is 6.97. The number of anilines is 1. The molecule has 1 amide bonds. The first-order chi connectivity index (χ1) is 9.56.